The standard InChI is InChI=1S/C21H26O4/c1-15(2)18-8-6-16(3)12-20(18)25-11-5-10-24-19-9-7-17(14-22)13-21(19)23-4/h6-9,12-15H,5,10-11H2,1-4H3. The van der Waals surface area contributed by atoms with Crippen molar-refractivity contribution in [1.82, 2.24) is 0 Å². The van der Waals surface area contributed by atoms with E-state index in [2.05, 4.69) is 39.0 Å². The van der Waals surface area contributed by atoms with Gasteiger partial charge in [-0.2, -0.15) is 0 Å². The topological polar surface area (TPSA) is 44.8 Å². The van der Waals surface area contributed by atoms with E-state index in [4.69, 9.17) is 14.2 Å². The summed E-state index contributed by atoms with van der Waals surface area (Å²) in [7, 11) is 1.56. The third-order valence-electron chi connectivity index (χ3n) is 3.92. The van der Waals surface area contributed by atoms with Crippen LogP contribution in [0.15, 0.2) is 36.4 Å². The molecule has 0 atom stereocenters. The zero-order valence-corrected chi connectivity index (χ0v) is 15.4. The van der Waals surface area contributed by atoms with Crippen LogP contribution in [0.2, 0.25) is 0 Å². The van der Waals surface area contributed by atoms with Crippen LogP contribution >= 0.6 is 0 Å². The molecular weight excluding hydrogens is 316 g/mol. The summed E-state index contributed by atoms with van der Waals surface area (Å²) in [4.78, 5) is 10.8. The molecule has 2 aromatic rings. The van der Waals surface area contributed by atoms with E-state index < -0.39 is 0 Å². The molecule has 0 amide bonds. The Hall–Kier alpha value is -2.49. The maximum atomic E-state index is 10.8. The molecule has 2 rings (SSSR count). The van der Waals surface area contributed by atoms with Crippen LogP contribution < -0.4 is 14.2 Å². The normalized spacial score (nSPS) is 10.6. The quantitative estimate of drug-likeness (QED) is 0.485. The lowest BCUT2D eigenvalue weighted by Gasteiger charge is -2.15. The van der Waals surface area contributed by atoms with Gasteiger partial charge in [0.25, 0.3) is 0 Å². The number of rotatable bonds is 9. The third kappa shape index (κ3) is 5.24. The second-order valence-electron chi connectivity index (χ2n) is 6.27. The Labute approximate surface area is 149 Å². The van der Waals surface area contributed by atoms with E-state index in [1.165, 1.54) is 11.1 Å². The van der Waals surface area contributed by atoms with Crippen LogP contribution in [-0.2, 0) is 0 Å². The van der Waals surface area contributed by atoms with Crippen molar-refractivity contribution in [3.05, 3.63) is 53.1 Å². The number of aryl methyl sites for hydroxylation is 1. The lowest BCUT2D eigenvalue weighted by molar-refractivity contribution is 0.112. The van der Waals surface area contributed by atoms with Crippen molar-refractivity contribution in [1.29, 1.82) is 0 Å². The van der Waals surface area contributed by atoms with Crippen LogP contribution in [0, 0.1) is 6.92 Å². The molecule has 0 saturated heterocycles. The van der Waals surface area contributed by atoms with Crippen molar-refractivity contribution < 1.29 is 19.0 Å². The van der Waals surface area contributed by atoms with Gasteiger partial charge in [-0.1, -0.05) is 26.0 Å². The molecule has 0 aliphatic rings. The summed E-state index contributed by atoms with van der Waals surface area (Å²) in [5.41, 5.74) is 2.97. The molecule has 134 valence electrons. The van der Waals surface area contributed by atoms with Gasteiger partial charge in [-0.3, -0.25) is 4.79 Å². The van der Waals surface area contributed by atoms with Crippen molar-refractivity contribution in [3.63, 3.8) is 0 Å². The summed E-state index contributed by atoms with van der Waals surface area (Å²) in [6.45, 7) is 7.48. The van der Waals surface area contributed by atoms with E-state index in [0.29, 0.717) is 36.2 Å². The minimum Gasteiger partial charge on any atom is -0.493 e. The second kappa shape index (κ2) is 9.11. The Morgan fingerprint density at radius 3 is 2.32 bits per heavy atom. The average molecular weight is 342 g/mol. The number of hydrogen-bond donors (Lipinski definition) is 0. The van der Waals surface area contributed by atoms with Gasteiger partial charge in [0.15, 0.2) is 11.5 Å². The minimum absolute atomic E-state index is 0.424. The highest BCUT2D eigenvalue weighted by Crippen LogP contribution is 2.29. The van der Waals surface area contributed by atoms with Gasteiger partial charge in [-0.25, -0.2) is 0 Å². The number of ether oxygens (including phenoxy) is 3. The number of methoxy groups -OCH3 is 1. The molecule has 0 radical (unpaired) electrons. The predicted molar refractivity (Wildman–Crippen MR) is 99.3 cm³/mol. The van der Waals surface area contributed by atoms with E-state index in [9.17, 15) is 4.79 Å². The number of benzene rings is 2. The molecule has 0 unspecified atom stereocenters. The van der Waals surface area contributed by atoms with E-state index in [0.717, 1.165) is 18.5 Å². The van der Waals surface area contributed by atoms with Crippen LogP contribution in [0.4, 0.5) is 0 Å². The fourth-order valence-electron chi connectivity index (χ4n) is 2.54. The molecule has 25 heavy (non-hydrogen) atoms. The zero-order valence-electron chi connectivity index (χ0n) is 15.4. The Morgan fingerprint density at radius 1 is 0.960 bits per heavy atom. The first-order valence-electron chi connectivity index (χ1n) is 8.54. The fraction of sp³-hybridized carbons (Fsp3) is 0.381. The van der Waals surface area contributed by atoms with Crippen LogP contribution in [0.25, 0.3) is 0 Å². The molecule has 0 aliphatic carbocycles. The van der Waals surface area contributed by atoms with Crippen LogP contribution in [0.5, 0.6) is 17.2 Å². The summed E-state index contributed by atoms with van der Waals surface area (Å²) < 4.78 is 17.0. The monoisotopic (exact) mass is 342 g/mol. The molecule has 4 heteroatoms. The second-order valence-corrected chi connectivity index (χ2v) is 6.27. The molecule has 0 N–H and O–H groups in total. The Morgan fingerprint density at radius 2 is 1.68 bits per heavy atom. The highest BCUT2D eigenvalue weighted by atomic mass is 16.5. The molecule has 0 spiro atoms. The van der Waals surface area contributed by atoms with Gasteiger partial charge in [0.2, 0.25) is 0 Å². The molecule has 0 fully saturated rings. The van der Waals surface area contributed by atoms with Crippen LogP contribution in [0.1, 0.15) is 47.7 Å². The lowest BCUT2D eigenvalue weighted by Crippen LogP contribution is -2.07. The van der Waals surface area contributed by atoms with Crippen molar-refractivity contribution in [2.45, 2.75) is 33.1 Å². The fourth-order valence-corrected chi connectivity index (χ4v) is 2.54. The third-order valence-corrected chi connectivity index (χ3v) is 3.92. The van der Waals surface area contributed by atoms with Gasteiger partial charge in [0, 0.05) is 12.0 Å². The smallest absolute Gasteiger partial charge is 0.161 e. The Bertz CT molecular complexity index is 707. The maximum Gasteiger partial charge on any atom is 0.161 e. The zero-order chi connectivity index (χ0) is 18.2. The highest BCUT2D eigenvalue weighted by molar-refractivity contribution is 5.76. The summed E-state index contributed by atoms with van der Waals surface area (Å²) >= 11 is 0. The van der Waals surface area contributed by atoms with Crippen LogP contribution in [-0.4, -0.2) is 26.6 Å². The largest absolute Gasteiger partial charge is 0.493 e. The predicted octanol–water partition coefficient (Wildman–Crippen LogP) is 4.79. The number of aldehydes is 1. The van der Waals surface area contributed by atoms with E-state index in [1.807, 2.05) is 0 Å². The molecule has 0 bridgehead atoms. The summed E-state index contributed by atoms with van der Waals surface area (Å²) in [5, 5.41) is 0. The first kappa shape index (κ1) is 18.8. The van der Waals surface area contributed by atoms with Crippen molar-refractivity contribution in [2.24, 2.45) is 0 Å². The van der Waals surface area contributed by atoms with Gasteiger partial charge in [-0.15, -0.1) is 0 Å². The number of hydrogen-bond acceptors (Lipinski definition) is 4. The van der Waals surface area contributed by atoms with Gasteiger partial charge < -0.3 is 14.2 Å². The molecule has 0 aromatic heterocycles. The molecular formula is C21H26O4. The van der Waals surface area contributed by atoms with Gasteiger partial charge in [0.05, 0.1) is 20.3 Å². The van der Waals surface area contributed by atoms with E-state index in [1.54, 1.807) is 25.3 Å². The lowest BCUT2D eigenvalue weighted by atomic mass is 10.0. The van der Waals surface area contributed by atoms with E-state index >= 15 is 0 Å². The number of carbonyl (C=O) groups is 1. The minimum atomic E-state index is 0.424. The SMILES string of the molecule is COc1cc(C=O)ccc1OCCCOc1cc(C)ccc1C(C)C. The van der Waals surface area contributed by atoms with Crippen molar-refractivity contribution >= 4 is 6.29 Å². The van der Waals surface area contributed by atoms with Gasteiger partial charge in [-0.05, 0) is 48.2 Å². The molecule has 0 saturated carbocycles. The maximum absolute atomic E-state index is 10.8. The molecule has 2 aromatic carbocycles. The summed E-state index contributed by atoms with van der Waals surface area (Å²) in [6, 6.07) is 11.5. The molecule has 0 heterocycles. The van der Waals surface area contributed by atoms with Gasteiger partial charge in [0.1, 0.15) is 12.0 Å². The summed E-state index contributed by atoms with van der Waals surface area (Å²) in [5.74, 6) is 2.56. The first-order valence-corrected chi connectivity index (χ1v) is 8.54. The number of carbonyl (C=O) groups excluding carboxylic acids is 1. The Kier molecular flexibility index (Phi) is 6.87. The molecule has 0 aliphatic heterocycles. The van der Waals surface area contributed by atoms with Gasteiger partial charge >= 0.3 is 0 Å². The van der Waals surface area contributed by atoms with Crippen LogP contribution in [0.3, 0.4) is 0 Å². The average Bonchev–Trinajstić information content (AvgIpc) is 2.61. The molecule has 4 nitrogen and oxygen atoms in total. The first-order chi connectivity index (χ1) is 12.0. The summed E-state index contributed by atoms with van der Waals surface area (Å²) in [6.07, 6.45) is 1.54. The Balaban J connectivity index is 1.86. The van der Waals surface area contributed by atoms with E-state index in [-0.39, 0.29) is 0 Å². The van der Waals surface area contributed by atoms with Crippen molar-refractivity contribution in [3.8, 4) is 17.2 Å². The van der Waals surface area contributed by atoms with Crippen molar-refractivity contribution in [2.75, 3.05) is 20.3 Å². The highest BCUT2D eigenvalue weighted by Gasteiger charge is 2.09.